The Hall–Kier alpha value is -2.36. The number of amides is 1. The average molecular weight is 474 g/mol. The van der Waals surface area contributed by atoms with Crippen LogP contribution >= 0.6 is 0 Å². The highest BCUT2D eigenvalue weighted by molar-refractivity contribution is 6.13. The molecule has 4 rings (SSSR count). The summed E-state index contributed by atoms with van der Waals surface area (Å²) in [6, 6.07) is 0.600. The first kappa shape index (κ1) is 24.8. The minimum absolute atomic E-state index is 0.129. The molecule has 1 saturated carbocycles. The van der Waals surface area contributed by atoms with Crippen molar-refractivity contribution in [1.29, 1.82) is 0 Å². The summed E-state index contributed by atoms with van der Waals surface area (Å²) in [4.78, 5) is 25.1. The highest BCUT2D eigenvalue weighted by atomic mass is 16.6. The number of hydroxylamine groups is 1. The van der Waals surface area contributed by atoms with Crippen molar-refractivity contribution in [1.82, 2.24) is 21.0 Å². The molecule has 0 aromatic carbocycles. The fourth-order valence-corrected chi connectivity index (χ4v) is 4.83. The topological polar surface area (TPSA) is 106 Å². The van der Waals surface area contributed by atoms with Crippen molar-refractivity contribution in [3.8, 4) is 0 Å². The predicted molar refractivity (Wildman–Crippen MR) is 131 cm³/mol. The number of hydrogen-bond acceptors (Lipinski definition) is 8. The van der Waals surface area contributed by atoms with E-state index in [0.29, 0.717) is 0 Å². The van der Waals surface area contributed by atoms with Crippen LogP contribution in [0.1, 0.15) is 46.5 Å². The molecular weight excluding hydrogens is 434 g/mol. The van der Waals surface area contributed by atoms with Gasteiger partial charge in [0.05, 0.1) is 43.8 Å². The molecule has 1 atom stereocenters. The summed E-state index contributed by atoms with van der Waals surface area (Å²) in [7, 11) is 1.62. The van der Waals surface area contributed by atoms with Crippen LogP contribution in [0.25, 0.3) is 0 Å². The first-order valence-corrected chi connectivity index (χ1v) is 12.4. The van der Waals surface area contributed by atoms with Crippen molar-refractivity contribution in [3.05, 3.63) is 35.2 Å². The zero-order valence-corrected chi connectivity index (χ0v) is 20.9. The second kappa shape index (κ2) is 10.9. The van der Waals surface area contributed by atoms with Crippen molar-refractivity contribution in [3.63, 3.8) is 0 Å². The standard InChI is InChI=1S/C25H39N5O4/c1-5-20-21(14-19(15-22(20)29-32-4)30-10-12-33-13-11-30)27-17-6-8-18(9-7-17)28-24(31)34-25(2,3)23-16-26-23/h5,14-15,17-18,23,26,29H,6-13,16H2,1-4H3,(H,28,31)/b20-5-,27-21?. The molecule has 1 amide bonds. The lowest BCUT2D eigenvalue weighted by atomic mass is 9.90. The quantitative estimate of drug-likeness (QED) is 0.385. The van der Waals surface area contributed by atoms with Crippen molar-refractivity contribution in [2.75, 3.05) is 40.0 Å². The van der Waals surface area contributed by atoms with Crippen molar-refractivity contribution in [2.24, 2.45) is 4.99 Å². The summed E-state index contributed by atoms with van der Waals surface area (Å²) in [6.07, 6.45) is 9.68. The zero-order chi connectivity index (χ0) is 24.1. The van der Waals surface area contributed by atoms with Gasteiger partial charge in [0.1, 0.15) is 5.60 Å². The third-order valence-electron chi connectivity index (χ3n) is 6.96. The number of rotatable bonds is 7. The van der Waals surface area contributed by atoms with Crippen LogP contribution in [0.3, 0.4) is 0 Å². The molecule has 2 aliphatic carbocycles. The largest absolute Gasteiger partial charge is 0.442 e. The second-order valence-corrected chi connectivity index (χ2v) is 9.85. The Kier molecular flexibility index (Phi) is 7.95. The first-order valence-electron chi connectivity index (χ1n) is 12.4. The lowest BCUT2D eigenvalue weighted by Gasteiger charge is -2.33. The van der Waals surface area contributed by atoms with Gasteiger partial charge in [0.15, 0.2) is 0 Å². The summed E-state index contributed by atoms with van der Waals surface area (Å²) in [5.74, 6) is 0. The van der Waals surface area contributed by atoms with E-state index in [1.54, 1.807) is 7.11 Å². The molecule has 0 aromatic heterocycles. The molecule has 2 heterocycles. The Morgan fingerprint density at radius 1 is 1.24 bits per heavy atom. The van der Waals surface area contributed by atoms with Crippen molar-refractivity contribution < 1.29 is 19.1 Å². The number of nitrogens with one attached hydrogen (secondary N) is 3. The van der Waals surface area contributed by atoms with Crippen LogP contribution < -0.4 is 16.1 Å². The van der Waals surface area contributed by atoms with E-state index in [1.807, 2.05) is 20.8 Å². The van der Waals surface area contributed by atoms with Crippen LogP contribution in [0.15, 0.2) is 40.2 Å². The number of morpholine rings is 1. The number of nitrogens with zero attached hydrogens (tertiary/aromatic N) is 2. The van der Waals surface area contributed by atoms with E-state index < -0.39 is 5.60 Å². The molecule has 2 saturated heterocycles. The second-order valence-electron chi connectivity index (χ2n) is 9.85. The van der Waals surface area contributed by atoms with Gasteiger partial charge >= 0.3 is 6.09 Å². The van der Waals surface area contributed by atoms with Gasteiger partial charge < -0.3 is 25.0 Å². The number of hydrogen-bond donors (Lipinski definition) is 3. The number of ether oxygens (including phenoxy) is 2. The molecule has 4 aliphatic rings. The van der Waals surface area contributed by atoms with E-state index in [0.717, 1.165) is 81.2 Å². The zero-order valence-electron chi connectivity index (χ0n) is 20.9. The molecule has 2 aliphatic heterocycles. The smallest absolute Gasteiger partial charge is 0.407 e. The fourth-order valence-electron chi connectivity index (χ4n) is 4.83. The Morgan fingerprint density at radius 2 is 1.94 bits per heavy atom. The molecule has 34 heavy (non-hydrogen) atoms. The van der Waals surface area contributed by atoms with Crippen LogP contribution in [0, 0.1) is 0 Å². The van der Waals surface area contributed by atoms with Gasteiger partial charge in [-0.05, 0) is 58.6 Å². The number of aliphatic imine (C=N–C) groups is 1. The maximum absolute atomic E-state index is 12.4. The third kappa shape index (κ3) is 6.20. The number of allylic oxidation sites excluding steroid dienone is 4. The summed E-state index contributed by atoms with van der Waals surface area (Å²) in [5.41, 5.74) is 6.60. The minimum atomic E-state index is -0.483. The van der Waals surface area contributed by atoms with E-state index in [1.165, 1.54) is 0 Å². The minimum Gasteiger partial charge on any atom is -0.442 e. The van der Waals surface area contributed by atoms with Gasteiger partial charge in [-0.3, -0.25) is 15.3 Å². The number of carbonyl (C=O) groups is 1. The summed E-state index contributed by atoms with van der Waals surface area (Å²) < 4.78 is 11.2. The van der Waals surface area contributed by atoms with E-state index in [2.05, 4.69) is 39.2 Å². The molecule has 0 bridgehead atoms. The van der Waals surface area contributed by atoms with Crippen molar-refractivity contribution in [2.45, 2.75) is 70.2 Å². The highest BCUT2D eigenvalue weighted by Gasteiger charge is 2.41. The number of carbonyl (C=O) groups excluding carboxylic acids is 1. The molecule has 0 aromatic rings. The Morgan fingerprint density at radius 3 is 2.56 bits per heavy atom. The monoisotopic (exact) mass is 473 g/mol. The molecule has 9 nitrogen and oxygen atoms in total. The summed E-state index contributed by atoms with van der Waals surface area (Å²) in [5, 5.41) is 6.28. The van der Waals surface area contributed by atoms with Crippen LogP contribution in [0.2, 0.25) is 0 Å². The SMILES string of the molecule is C/C=C1\C(NOC)=CC(N2CCOCC2)=CC1=NC1CCC(NC(=O)OC(C)(C)C2CN2)CC1. The van der Waals surface area contributed by atoms with E-state index in [4.69, 9.17) is 19.3 Å². The molecule has 1 unspecified atom stereocenters. The van der Waals surface area contributed by atoms with Crippen molar-refractivity contribution >= 4 is 11.8 Å². The van der Waals surface area contributed by atoms with E-state index in [9.17, 15) is 4.79 Å². The van der Waals surface area contributed by atoms with E-state index in [-0.39, 0.29) is 24.2 Å². The predicted octanol–water partition coefficient (Wildman–Crippen LogP) is 2.43. The lowest BCUT2D eigenvalue weighted by molar-refractivity contribution is 0.0350. The summed E-state index contributed by atoms with van der Waals surface area (Å²) in [6.45, 7) is 10.0. The summed E-state index contributed by atoms with van der Waals surface area (Å²) >= 11 is 0. The van der Waals surface area contributed by atoms with Gasteiger partial charge in [-0.1, -0.05) is 6.08 Å². The van der Waals surface area contributed by atoms with E-state index >= 15 is 0 Å². The van der Waals surface area contributed by atoms with Crippen LogP contribution in [0.4, 0.5) is 4.79 Å². The first-order chi connectivity index (χ1) is 16.4. The lowest BCUT2D eigenvalue weighted by Crippen LogP contribution is -2.44. The van der Waals surface area contributed by atoms with Crippen LogP contribution in [-0.2, 0) is 14.3 Å². The molecule has 0 spiro atoms. The van der Waals surface area contributed by atoms with Gasteiger partial charge in [-0.25, -0.2) is 4.79 Å². The van der Waals surface area contributed by atoms with Gasteiger partial charge in [0, 0.05) is 36.9 Å². The Labute approximate surface area is 202 Å². The molecular formula is C25H39N5O4. The average Bonchev–Trinajstić information content (AvgIpc) is 3.67. The van der Waals surface area contributed by atoms with Gasteiger partial charge in [-0.15, -0.1) is 0 Å². The molecule has 9 heteroatoms. The normalized spacial score (nSPS) is 30.0. The van der Waals surface area contributed by atoms with Crippen LogP contribution in [0.5, 0.6) is 0 Å². The maximum Gasteiger partial charge on any atom is 0.407 e. The molecule has 3 N–H and O–H groups in total. The van der Waals surface area contributed by atoms with Gasteiger partial charge in [-0.2, -0.15) is 0 Å². The Bertz CT molecular complexity index is 861. The maximum atomic E-state index is 12.4. The van der Waals surface area contributed by atoms with Gasteiger partial charge in [0.2, 0.25) is 0 Å². The molecule has 3 fully saturated rings. The van der Waals surface area contributed by atoms with Crippen LogP contribution in [-0.4, -0.2) is 80.4 Å². The third-order valence-corrected chi connectivity index (χ3v) is 6.96. The Balaban J connectivity index is 1.38. The molecule has 0 radical (unpaired) electrons. The van der Waals surface area contributed by atoms with Gasteiger partial charge in [0.25, 0.3) is 0 Å². The molecule has 188 valence electrons. The fraction of sp³-hybridized carbons (Fsp3) is 0.680. The number of alkyl carbamates (subject to hydrolysis) is 1. The highest BCUT2D eigenvalue weighted by Crippen LogP contribution is 2.28.